The summed E-state index contributed by atoms with van der Waals surface area (Å²) >= 11 is 0. The fraction of sp³-hybridized carbons (Fsp3) is 0.444. The molecule has 0 aliphatic heterocycles. The van der Waals surface area contributed by atoms with Crippen LogP contribution in [0, 0.1) is 0 Å². The average Bonchev–Trinajstić information content (AvgIpc) is 2.15. The van der Waals surface area contributed by atoms with E-state index < -0.39 is 11.9 Å². The highest BCUT2D eigenvalue weighted by Crippen LogP contribution is 2.17. The van der Waals surface area contributed by atoms with E-state index in [9.17, 15) is 4.79 Å². The molecular weight excluding hydrogens is 168 g/mol. The second-order valence-corrected chi connectivity index (χ2v) is 2.81. The van der Waals surface area contributed by atoms with Gasteiger partial charge in [-0.1, -0.05) is 13.3 Å². The summed E-state index contributed by atoms with van der Waals surface area (Å²) in [5.41, 5.74) is 0.539. The molecule has 13 heavy (non-hydrogen) atoms. The van der Waals surface area contributed by atoms with Crippen molar-refractivity contribution in [2.75, 3.05) is 0 Å². The van der Waals surface area contributed by atoms with E-state index in [1.807, 2.05) is 6.92 Å². The van der Waals surface area contributed by atoms with Crippen LogP contribution in [-0.2, 0) is 4.79 Å². The molecule has 0 radical (unpaired) electrons. The van der Waals surface area contributed by atoms with Gasteiger partial charge in [0, 0.05) is 18.6 Å². The smallest absolute Gasteiger partial charge is 0.312 e. The van der Waals surface area contributed by atoms with Crippen LogP contribution in [0.3, 0.4) is 0 Å². The summed E-state index contributed by atoms with van der Waals surface area (Å²) in [6.45, 7) is 1.95. The Kier molecular flexibility index (Phi) is 3.37. The molecule has 0 fully saturated rings. The summed E-state index contributed by atoms with van der Waals surface area (Å²) in [7, 11) is 0. The van der Waals surface area contributed by atoms with Crippen LogP contribution in [0.25, 0.3) is 0 Å². The third-order valence-electron chi connectivity index (χ3n) is 1.82. The van der Waals surface area contributed by atoms with Gasteiger partial charge in [-0.25, -0.2) is 0 Å². The van der Waals surface area contributed by atoms with Crippen molar-refractivity contribution in [2.45, 2.75) is 25.7 Å². The molecule has 0 saturated carbocycles. The maximum absolute atomic E-state index is 10.8. The highest BCUT2D eigenvalue weighted by atomic mass is 16.4. The maximum atomic E-state index is 10.8. The van der Waals surface area contributed by atoms with Crippen molar-refractivity contribution in [1.82, 2.24) is 9.97 Å². The molecule has 0 saturated heterocycles. The summed E-state index contributed by atoms with van der Waals surface area (Å²) in [5.74, 6) is -1.35. The van der Waals surface area contributed by atoms with Gasteiger partial charge in [-0.05, 0) is 6.42 Å². The number of aliphatic carboxylic acids is 1. The fourth-order valence-electron chi connectivity index (χ4n) is 1.18. The lowest BCUT2D eigenvalue weighted by Gasteiger charge is -2.08. The van der Waals surface area contributed by atoms with E-state index in [2.05, 4.69) is 9.97 Å². The molecule has 1 atom stereocenters. The number of rotatable bonds is 4. The maximum Gasteiger partial charge on any atom is 0.312 e. The van der Waals surface area contributed by atoms with Crippen molar-refractivity contribution < 1.29 is 9.90 Å². The molecule has 1 rings (SSSR count). The first kappa shape index (κ1) is 9.64. The molecule has 0 spiro atoms. The zero-order valence-corrected chi connectivity index (χ0v) is 7.47. The van der Waals surface area contributed by atoms with Gasteiger partial charge in [0.1, 0.15) is 5.92 Å². The van der Waals surface area contributed by atoms with Crippen LogP contribution in [0.1, 0.15) is 31.4 Å². The second-order valence-electron chi connectivity index (χ2n) is 2.81. The second kappa shape index (κ2) is 4.54. The van der Waals surface area contributed by atoms with Crippen molar-refractivity contribution in [3.63, 3.8) is 0 Å². The van der Waals surface area contributed by atoms with Gasteiger partial charge in [0.2, 0.25) is 0 Å². The molecular formula is C9H12N2O2. The number of nitrogens with zero attached hydrogens (tertiary/aromatic N) is 2. The molecule has 1 aromatic heterocycles. The Balaban J connectivity index is 2.82. The summed E-state index contributed by atoms with van der Waals surface area (Å²) in [6, 6.07) is 0. The first-order valence-corrected chi connectivity index (χ1v) is 4.24. The largest absolute Gasteiger partial charge is 0.481 e. The highest BCUT2D eigenvalue weighted by molar-refractivity contribution is 5.75. The topological polar surface area (TPSA) is 63.1 Å². The quantitative estimate of drug-likeness (QED) is 0.761. The minimum atomic E-state index is -0.831. The van der Waals surface area contributed by atoms with Gasteiger partial charge in [0.05, 0.1) is 5.69 Å². The number of aromatic nitrogens is 2. The number of carboxylic acid groups (broad SMARTS) is 1. The van der Waals surface area contributed by atoms with Gasteiger partial charge in [-0.2, -0.15) is 0 Å². The van der Waals surface area contributed by atoms with Crippen LogP contribution in [0.4, 0.5) is 0 Å². The molecule has 0 amide bonds. The molecule has 0 aromatic carbocycles. The minimum absolute atomic E-state index is 0.515. The summed E-state index contributed by atoms with van der Waals surface area (Å²) in [6.07, 6.45) is 5.99. The number of hydrogen-bond donors (Lipinski definition) is 1. The van der Waals surface area contributed by atoms with Gasteiger partial charge in [-0.3, -0.25) is 14.8 Å². The highest BCUT2D eigenvalue weighted by Gasteiger charge is 2.19. The molecule has 4 nitrogen and oxygen atoms in total. The Labute approximate surface area is 76.7 Å². The van der Waals surface area contributed by atoms with Gasteiger partial charge in [-0.15, -0.1) is 0 Å². The van der Waals surface area contributed by atoms with Crippen molar-refractivity contribution >= 4 is 5.97 Å². The minimum Gasteiger partial charge on any atom is -0.481 e. The average molecular weight is 180 g/mol. The van der Waals surface area contributed by atoms with Crippen LogP contribution in [0.15, 0.2) is 18.6 Å². The molecule has 1 heterocycles. The Morgan fingerprint density at radius 3 is 2.85 bits per heavy atom. The first-order valence-electron chi connectivity index (χ1n) is 4.24. The molecule has 70 valence electrons. The van der Waals surface area contributed by atoms with Crippen molar-refractivity contribution in [3.05, 3.63) is 24.3 Å². The summed E-state index contributed by atoms with van der Waals surface area (Å²) in [5, 5.41) is 8.89. The van der Waals surface area contributed by atoms with Crippen molar-refractivity contribution in [3.8, 4) is 0 Å². The molecule has 1 N–H and O–H groups in total. The Morgan fingerprint density at radius 2 is 2.38 bits per heavy atom. The van der Waals surface area contributed by atoms with Crippen molar-refractivity contribution in [1.29, 1.82) is 0 Å². The monoisotopic (exact) mass is 180 g/mol. The number of carbonyl (C=O) groups is 1. The van der Waals surface area contributed by atoms with E-state index in [0.29, 0.717) is 12.1 Å². The Morgan fingerprint density at radius 1 is 1.62 bits per heavy atom. The van der Waals surface area contributed by atoms with Gasteiger partial charge in [0.15, 0.2) is 0 Å². The zero-order valence-electron chi connectivity index (χ0n) is 7.47. The van der Waals surface area contributed by atoms with E-state index in [0.717, 1.165) is 6.42 Å². The number of carboxylic acids is 1. The van der Waals surface area contributed by atoms with Crippen LogP contribution in [0.2, 0.25) is 0 Å². The predicted octanol–water partition coefficient (Wildman–Crippen LogP) is 1.44. The van der Waals surface area contributed by atoms with Gasteiger partial charge >= 0.3 is 5.97 Å². The lowest BCUT2D eigenvalue weighted by molar-refractivity contribution is -0.139. The molecule has 4 heteroatoms. The Bertz CT molecular complexity index is 274. The van der Waals surface area contributed by atoms with E-state index >= 15 is 0 Å². The van der Waals surface area contributed by atoms with Crippen LogP contribution in [0.5, 0.6) is 0 Å². The molecule has 0 bridgehead atoms. The van der Waals surface area contributed by atoms with Gasteiger partial charge < -0.3 is 5.11 Å². The third-order valence-corrected chi connectivity index (χ3v) is 1.82. The van der Waals surface area contributed by atoms with Gasteiger partial charge in [0.25, 0.3) is 0 Å². The molecule has 1 unspecified atom stereocenters. The SMILES string of the molecule is CCCC(C(=O)O)c1cnccn1. The Hall–Kier alpha value is -1.45. The van der Waals surface area contributed by atoms with Crippen LogP contribution < -0.4 is 0 Å². The summed E-state index contributed by atoms with van der Waals surface area (Å²) < 4.78 is 0. The van der Waals surface area contributed by atoms with Crippen molar-refractivity contribution in [2.24, 2.45) is 0 Å². The van der Waals surface area contributed by atoms with E-state index in [-0.39, 0.29) is 0 Å². The third kappa shape index (κ3) is 2.50. The number of hydrogen-bond acceptors (Lipinski definition) is 3. The first-order chi connectivity index (χ1) is 6.25. The molecule has 0 aliphatic rings. The standard InChI is InChI=1S/C9H12N2O2/c1-2-3-7(9(12)13)8-6-10-4-5-11-8/h4-7H,2-3H2,1H3,(H,12,13). The lowest BCUT2D eigenvalue weighted by atomic mass is 10.0. The predicted molar refractivity (Wildman–Crippen MR) is 47.3 cm³/mol. The lowest BCUT2D eigenvalue weighted by Crippen LogP contribution is -2.12. The zero-order chi connectivity index (χ0) is 9.68. The van der Waals surface area contributed by atoms with Crippen LogP contribution in [-0.4, -0.2) is 21.0 Å². The van der Waals surface area contributed by atoms with E-state index in [1.165, 1.54) is 18.6 Å². The van der Waals surface area contributed by atoms with Crippen LogP contribution >= 0.6 is 0 Å². The molecule has 0 aliphatic carbocycles. The van der Waals surface area contributed by atoms with E-state index in [1.54, 1.807) is 0 Å². The summed E-state index contributed by atoms with van der Waals surface area (Å²) in [4.78, 5) is 18.6. The van der Waals surface area contributed by atoms with E-state index in [4.69, 9.17) is 5.11 Å². The molecule has 1 aromatic rings. The normalized spacial score (nSPS) is 12.4. The fourth-order valence-corrected chi connectivity index (χ4v) is 1.18.